The number of esters is 1. The maximum atomic E-state index is 11.2. The fourth-order valence-electron chi connectivity index (χ4n) is 3.56. The molecule has 1 unspecified atom stereocenters. The third-order valence-electron chi connectivity index (χ3n) is 5.15. The van der Waals surface area contributed by atoms with Crippen LogP contribution in [0.3, 0.4) is 0 Å². The third-order valence-corrected chi connectivity index (χ3v) is 5.15. The summed E-state index contributed by atoms with van der Waals surface area (Å²) >= 11 is 0. The van der Waals surface area contributed by atoms with Crippen molar-refractivity contribution in [1.82, 2.24) is 15.5 Å². The van der Waals surface area contributed by atoms with Gasteiger partial charge in [0.1, 0.15) is 5.75 Å². The van der Waals surface area contributed by atoms with E-state index in [2.05, 4.69) is 39.3 Å². The summed E-state index contributed by atoms with van der Waals surface area (Å²) in [6, 6.07) is 8.54. The van der Waals surface area contributed by atoms with Crippen LogP contribution >= 0.6 is 24.0 Å². The number of aliphatic imine (C=N–C) groups is 1. The Hall–Kier alpha value is -1.55. The number of carbonyl (C=O) groups is 1. The minimum absolute atomic E-state index is 0. The molecule has 1 fully saturated rings. The number of halogens is 1. The van der Waals surface area contributed by atoms with Crippen LogP contribution in [0.5, 0.6) is 5.75 Å². The zero-order valence-corrected chi connectivity index (χ0v) is 20.8. The van der Waals surface area contributed by atoms with Crippen LogP contribution in [-0.2, 0) is 9.53 Å². The molecule has 0 spiro atoms. The molecule has 0 radical (unpaired) electrons. The molecular weight excluding hydrogens is 495 g/mol. The van der Waals surface area contributed by atoms with Crippen LogP contribution in [0, 0.1) is 0 Å². The fraction of sp³-hybridized carbons (Fsp3) is 0.636. The van der Waals surface area contributed by atoms with Crippen molar-refractivity contribution in [2.24, 2.45) is 4.99 Å². The number of benzene rings is 1. The standard InChI is InChI=1S/C22H36N4O3.HI/c1-4-23-22(24-13-6-5-12-21(27)29-3)25-17-20(26-14-7-8-15-26)18-10-9-11-19(16-18)28-2;/h9-11,16,20H,4-8,12-15,17H2,1-3H3,(H2,23,24,25);1H. The van der Waals surface area contributed by atoms with E-state index < -0.39 is 0 Å². The molecule has 8 heteroatoms. The summed E-state index contributed by atoms with van der Waals surface area (Å²) in [6.07, 6.45) is 4.63. The molecule has 170 valence electrons. The van der Waals surface area contributed by atoms with Crippen molar-refractivity contribution in [1.29, 1.82) is 0 Å². The van der Waals surface area contributed by atoms with Crippen molar-refractivity contribution in [3.05, 3.63) is 29.8 Å². The summed E-state index contributed by atoms with van der Waals surface area (Å²) < 4.78 is 10.1. The van der Waals surface area contributed by atoms with Gasteiger partial charge >= 0.3 is 5.97 Å². The molecule has 1 aromatic rings. The predicted octanol–water partition coefficient (Wildman–Crippen LogP) is 3.35. The number of ether oxygens (including phenoxy) is 2. The van der Waals surface area contributed by atoms with E-state index >= 15 is 0 Å². The number of carbonyl (C=O) groups excluding carboxylic acids is 1. The highest BCUT2D eigenvalue weighted by Gasteiger charge is 2.23. The van der Waals surface area contributed by atoms with Crippen LogP contribution in [0.4, 0.5) is 0 Å². The molecule has 1 saturated heterocycles. The molecule has 1 aliphatic heterocycles. The van der Waals surface area contributed by atoms with E-state index in [0.717, 1.165) is 50.7 Å². The van der Waals surface area contributed by atoms with Crippen LogP contribution in [0.15, 0.2) is 29.3 Å². The largest absolute Gasteiger partial charge is 0.497 e. The van der Waals surface area contributed by atoms with Crippen molar-refractivity contribution in [3.8, 4) is 5.75 Å². The molecule has 0 aromatic heterocycles. The molecule has 30 heavy (non-hydrogen) atoms. The van der Waals surface area contributed by atoms with Crippen molar-refractivity contribution >= 4 is 35.9 Å². The number of nitrogens with one attached hydrogen (secondary N) is 2. The molecule has 2 rings (SSSR count). The molecular formula is C22H37IN4O3. The molecule has 1 aliphatic rings. The number of unbranched alkanes of at least 4 members (excludes halogenated alkanes) is 1. The molecule has 1 atom stereocenters. The Bertz CT molecular complexity index is 651. The van der Waals surface area contributed by atoms with Crippen LogP contribution in [0.2, 0.25) is 0 Å². The predicted molar refractivity (Wildman–Crippen MR) is 132 cm³/mol. The normalized spacial score (nSPS) is 15.2. The smallest absolute Gasteiger partial charge is 0.305 e. The van der Waals surface area contributed by atoms with E-state index in [9.17, 15) is 4.79 Å². The summed E-state index contributed by atoms with van der Waals surface area (Å²) in [6.45, 7) is 6.54. The molecule has 0 bridgehead atoms. The third kappa shape index (κ3) is 9.07. The SMILES string of the molecule is CCNC(=NCC(c1cccc(OC)c1)N1CCCC1)NCCCCC(=O)OC.I. The van der Waals surface area contributed by atoms with Gasteiger partial charge in [-0.1, -0.05) is 12.1 Å². The van der Waals surface area contributed by atoms with Crippen LogP contribution in [-0.4, -0.2) is 63.8 Å². The molecule has 0 saturated carbocycles. The van der Waals surface area contributed by atoms with Crippen molar-refractivity contribution < 1.29 is 14.3 Å². The number of likely N-dealkylation sites (tertiary alicyclic amines) is 1. The maximum absolute atomic E-state index is 11.2. The second kappa shape index (κ2) is 15.3. The van der Waals surface area contributed by atoms with Gasteiger partial charge in [-0.15, -0.1) is 24.0 Å². The molecule has 7 nitrogen and oxygen atoms in total. The van der Waals surface area contributed by atoms with Crippen LogP contribution < -0.4 is 15.4 Å². The second-order valence-electron chi connectivity index (χ2n) is 7.22. The zero-order valence-electron chi connectivity index (χ0n) is 18.5. The molecule has 0 amide bonds. The van der Waals surface area contributed by atoms with E-state index in [4.69, 9.17) is 9.73 Å². The number of hydrogen-bond acceptors (Lipinski definition) is 5. The summed E-state index contributed by atoms with van der Waals surface area (Å²) in [5.74, 6) is 1.54. The van der Waals surface area contributed by atoms with Gasteiger partial charge in [-0.2, -0.15) is 0 Å². The van der Waals surface area contributed by atoms with Gasteiger partial charge in [-0.05, 0) is 63.4 Å². The Balaban J connectivity index is 0.00000450. The molecule has 2 N–H and O–H groups in total. The summed E-state index contributed by atoms with van der Waals surface area (Å²) in [5, 5.41) is 6.69. The number of nitrogens with zero attached hydrogens (tertiary/aromatic N) is 2. The van der Waals surface area contributed by atoms with Gasteiger partial charge in [0.25, 0.3) is 0 Å². The van der Waals surface area contributed by atoms with Gasteiger partial charge in [0.15, 0.2) is 5.96 Å². The van der Waals surface area contributed by atoms with Gasteiger partial charge in [-0.25, -0.2) is 0 Å². The first kappa shape index (κ1) is 26.5. The number of guanidine groups is 1. The minimum atomic E-state index is -0.155. The average molecular weight is 532 g/mol. The Morgan fingerprint density at radius 1 is 1.20 bits per heavy atom. The summed E-state index contributed by atoms with van der Waals surface area (Å²) in [7, 11) is 3.13. The maximum Gasteiger partial charge on any atom is 0.305 e. The molecule has 0 aliphatic carbocycles. The van der Waals surface area contributed by atoms with Crippen LogP contribution in [0.25, 0.3) is 0 Å². The van der Waals surface area contributed by atoms with E-state index in [-0.39, 0.29) is 36.0 Å². The number of hydrogen-bond donors (Lipinski definition) is 2. The van der Waals surface area contributed by atoms with Crippen molar-refractivity contribution in [2.45, 2.75) is 45.1 Å². The number of methoxy groups -OCH3 is 2. The van der Waals surface area contributed by atoms with E-state index in [0.29, 0.717) is 13.0 Å². The highest BCUT2D eigenvalue weighted by Crippen LogP contribution is 2.27. The first-order valence-electron chi connectivity index (χ1n) is 10.6. The lowest BCUT2D eigenvalue weighted by atomic mass is 10.1. The van der Waals surface area contributed by atoms with Gasteiger partial charge in [0.05, 0.1) is 26.8 Å². The first-order valence-corrected chi connectivity index (χ1v) is 10.6. The average Bonchev–Trinajstić information content (AvgIpc) is 3.28. The monoisotopic (exact) mass is 532 g/mol. The summed E-state index contributed by atoms with van der Waals surface area (Å²) in [4.78, 5) is 18.6. The van der Waals surface area contributed by atoms with Crippen molar-refractivity contribution in [3.63, 3.8) is 0 Å². The zero-order chi connectivity index (χ0) is 20.9. The second-order valence-corrected chi connectivity index (χ2v) is 7.22. The Labute approximate surface area is 198 Å². The minimum Gasteiger partial charge on any atom is -0.497 e. The lowest BCUT2D eigenvalue weighted by Crippen LogP contribution is -2.39. The molecule has 1 heterocycles. The van der Waals surface area contributed by atoms with E-state index in [1.807, 2.05) is 12.1 Å². The lowest BCUT2D eigenvalue weighted by molar-refractivity contribution is -0.140. The quantitative estimate of drug-likeness (QED) is 0.150. The fourth-order valence-corrected chi connectivity index (χ4v) is 3.56. The Morgan fingerprint density at radius 2 is 1.97 bits per heavy atom. The molecule has 1 aromatic carbocycles. The van der Waals surface area contributed by atoms with Crippen molar-refractivity contribution in [2.75, 3.05) is 46.9 Å². The number of rotatable bonds is 11. The first-order chi connectivity index (χ1) is 14.2. The van der Waals surface area contributed by atoms with Gasteiger partial charge in [-0.3, -0.25) is 14.7 Å². The summed E-state index contributed by atoms with van der Waals surface area (Å²) in [5.41, 5.74) is 1.24. The van der Waals surface area contributed by atoms with Gasteiger partial charge in [0, 0.05) is 19.5 Å². The topological polar surface area (TPSA) is 75.2 Å². The van der Waals surface area contributed by atoms with Crippen LogP contribution in [0.1, 0.15) is 50.6 Å². The van der Waals surface area contributed by atoms with E-state index in [1.165, 1.54) is 25.5 Å². The van der Waals surface area contributed by atoms with Gasteiger partial charge < -0.3 is 20.1 Å². The lowest BCUT2D eigenvalue weighted by Gasteiger charge is -2.27. The van der Waals surface area contributed by atoms with Gasteiger partial charge in [0.2, 0.25) is 0 Å². The highest BCUT2D eigenvalue weighted by molar-refractivity contribution is 14.0. The Morgan fingerprint density at radius 3 is 2.63 bits per heavy atom. The van der Waals surface area contributed by atoms with E-state index in [1.54, 1.807) is 7.11 Å². The highest BCUT2D eigenvalue weighted by atomic mass is 127. The Kier molecular flexibility index (Phi) is 13.5.